The fourth-order valence-electron chi connectivity index (χ4n) is 2.08. The maximum Gasteiger partial charge on any atom is 0.205 e. The van der Waals surface area contributed by atoms with Gasteiger partial charge in [-0.25, -0.2) is 4.98 Å². The van der Waals surface area contributed by atoms with Gasteiger partial charge in [0.1, 0.15) is 0 Å². The van der Waals surface area contributed by atoms with Crippen molar-refractivity contribution >= 4 is 5.95 Å². The Balaban J connectivity index is 2.11. The lowest BCUT2D eigenvalue weighted by atomic mass is 10.1. The molecular formula is C11H20N4. The Labute approximate surface area is 91.1 Å². The number of imidazole rings is 1. The van der Waals surface area contributed by atoms with Gasteiger partial charge in [0, 0.05) is 32.4 Å². The largest absolute Gasteiger partial charge is 0.342 e. The Morgan fingerprint density at radius 1 is 1.47 bits per heavy atom. The lowest BCUT2D eigenvalue weighted by Crippen LogP contribution is -2.40. The standard InChI is InChI=1S/C11H20N4/c1-3-10-8-14(2)11(13-10)15-6-4-9(12)5-7-15/h8-9H,3-7,12H2,1-2H3. The van der Waals surface area contributed by atoms with Gasteiger partial charge in [-0.05, 0) is 19.3 Å². The molecule has 1 aliphatic heterocycles. The molecule has 1 aliphatic rings. The van der Waals surface area contributed by atoms with Gasteiger partial charge in [0.25, 0.3) is 0 Å². The first-order valence-corrected chi connectivity index (χ1v) is 5.73. The Bertz CT molecular complexity index is 323. The minimum Gasteiger partial charge on any atom is -0.342 e. The summed E-state index contributed by atoms with van der Waals surface area (Å²) >= 11 is 0. The molecule has 0 aliphatic carbocycles. The molecule has 4 nitrogen and oxygen atoms in total. The molecule has 4 heteroatoms. The molecule has 0 atom stereocenters. The summed E-state index contributed by atoms with van der Waals surface area (Å²) in [6, 6.07) is 0.382. The quantitative estimate of drug-likeness (QED) is 0.786. The van der Waals surface area contributed by atoms with E-state index < -0.39 is 0 Å². The summed E-state index contributed by atoms with van der Waals surface area (Å²) in [5.74, 6) is 1.10. The Kier molecular flexibility index (Phi) is 2.95. The van der Waals surface area contributed by atoms with Crippen LogP contribution >= 0.6 is 0 Å². The summed E-state index contributed by atoms with van der Waals surface area (Å²) in [4.78, 5) is 6.96. The van der Waals surface area contributed by atoms with Crippen molar-refractivity contribution in [3.63, 3.8) is 0 Å². The monoisotopic (exact) mass is 208 g/mol. The topological polar surface area (TPSA) is 47.1 Å². The van der Waals surface area contributed by atoms with Crippen LogP contribution in [0.5, 0.6) is 0 Å². The van der Waals surface area contributed by atoms with E-state index in [1.54, 1.807) is 0 Å². The number of piperidine rings is 1. The zero-order chi connectivity index (χ0) is 10.8. The van der Waals surface area contributed by atoms with Crippen LogP contribution in [0.2, 0.25) is 0 Å². The van der Waals surface area contributed by atoms with Gasteiger partial charge in [0.15, 0.2) is 0 Å². The molecule has 0 unspecified atom stereocenters. The summed E-state index contributed by atoms with van der Waals surface area (Å²) in [5.41, 5.74) is 7.06. The maximum atomic E-state index is 5.89. The average molecular weight is 208 g/mol. The van der Waals surface area contributed by atoms with E-state index in [0.29, 0.717) is 6.04 Å². The summed E-state index contributed by atoms with van der Waals surface area (Å²) in [7, 11) is 2.07. The first kappa shape index (κ1) is 10.5. The second kappa shape index (κ2) is 4.23. The summed E-state index contributed by atoms with van der Waals surface area (Å²) in [5, 5.41) is 0. The number of hydrogen-bond acceptors (Lipinski definition) is 3. The van der Waals surface area contributed by atoms with E-state index in [0.717, 1.165) is 38.3 Å². The van der Waals surface area contributed by atoms with Gasteiger partial charge >= 0.3 is 0 Å². The van der Waals surface area contributed by atoms with Crippen molar-refractivity contribution in [2.45, 2.75) is 32.2 Å². The van der Waals surface area contributed by atoms with E-state index >= 15 is 0 Å². The first-order valence-electron chi connectivity index (χ1n) is 5.73. The van der Waals surface area contributed by atoms with E-state index in [9.17, 15) is 0 Å². The van der Waals surface area contributed by atoms with Crippen LogP contribution < -0.4 is 10.6 Å². The van der Waals surface area contributed by atoms with Gasteiger partial charge in [-0.3, -0.25) is 0 Å². The van der Waals surface area contributed by atoms with E-state index in [1.807, 2.05) is 0 Å². The molecule has 0 spiro atoms. The van der Waals surface area contributed by atoms with Gasteiger partial charge in [-0.1, -0.05) is 6.92 Å². The van der Waals surface area contributed by atoms with Crippen LogP contribution in [0.1, 0.15) is 25.5 Å². The molecule has 15 heavy (non-hydrogen) atoms. The van der Waals surface area contributed by atoms with Crippen molar-refractivity contribution in [2.75, 3.05) is 18.0 Å². The molecule has 0 amide bonds. The predicted octanol–water partition coefficient (Wildman–Crippen LogP) is 0.910. The van der Waals surface area contributed by atoms with Crippen LogP contribution in [-0.4, -0.2) is 28.7 Å². The highest BCUT2D eigenvalue weighted by Gasteiger charge is 2.19. The number of aromatic nitrogens is 2. The third-order valence-corrected chi connectivity index (χ3v) is 3.09. The molecule has 0 aromatic carbocycles. The SMILES string of the molecule is CCc1cn(C)c(N2CCC(N)CC2)n1. The minimum absolute atomic E-state index is 0.382. The zero-order valence-corrected chi connectivity index (χ0v) is 9.61. The molecule has 1 saturated heterocycles. The van der Waals surface area contributed by atoms with Gasteiger partial charge < -0.3 is 15.2 Å². The minimum atomic E-state index is 0.382. The van der Waals surface area contributed by atoms with Gasteiger partial charge in [0.2, 0.25) is 5.95 Å². The number of anilines is 1. The normalized spacial score (nSPS) is 18.5. The average Bonchev–Trinajstić information content (AvgIpc) is 2.61. The third kappa shape index (κ3) is 2.15. The van der Waals surface area contributed by atoms with Crippen molar-refractivity contribution in [3.8, 4) is 0 Å². The molecule has 2 heterocycles. The van der Waals surface area contributed by atoms with Crippen molar-refractivity contribution in [2.24, 2.45) is 12.8 Å². The van der Waals surface area contributed by atoms with Crippen molar-refractivity contribution in [1.82, 2.24) is 9.55 Å². The molecule has 84 valence electrons. The van der Waals surface area contributed by atoms with Crippen LogP contribution in [-0.2, 0) is 13.5 Å². The first-order chi connectivity index (χ1) is 7.20. The number of nitrogens with two attached hydrogens (primary N) is 1. The molecule has 2 rings (SSSR count). The zero-order valence-electron chi connectivity index (χ0n) is 9.61. The van der Waals surface area contributed by atoms with E-state index in [-0.39, 0.29) is 0 Å². The van der Waals surface area contributed by atoms with E-state index in [4.69, 9.17) is 5.73 Å². The molecular weight excluding hydrogens is 188 g/mol. The van der Waals surface area contributed by atoms with Crippen LogP contribution in [0, 0.1) is 0 Å². The number of hydrogen-bond donors (Lipinski definition) is 1. The van der Waals surface area contributed by atoms with Crippen LogP contribution in [0.15, 0.2) is 6.20 Å². The molecule has 0 saturated carbocycles. The van der Waals surface area contributed by atoms with Crippen LogP contribution in [0.25, 0.3) is 0 Å². The highest BCUT2D eigenvalue weighted by molar-refractivity contribution is 5.34. The third-order valence-electron chi connectivity index (χ3n) is 3.09. The Morgan fingerprint density at radius 2 is 2.13 bits per heavy atom. The number of rotatable bonds is 2. The van der Waals surface area contributed by atoms with Crippen LogP contribution in [0.3, 0.4) is 0 Å². The fraction of sp³-hybridized carbons (Fsp3) is 0.727. The molecule has 2 N–H and O–H groups in total. The van der Waals surface area contributed by atoms with Crippen molar-refractivity contribution in [1.29, 1.82) is 0 Å². The van der Waals surface area contributed by atoms with Gasteiger partial charge in [-0.2, -0.15) is 0 Å². The summed E-state index contributed by atoms with van der Waals surface area (Å²) in [6.45, 7) is 4.21. The Morgan fingerprint density at radius 3 is 2.67 bits per heavy atom. The van der Waals surface area contributed by atoms with Gasteiger partial charge in [-0.15, -0.1) is 0 Å². The van der Waals surface area contributed by atoms with Crippen LogP contribution in [0.4, 0.5) is 5.95 Å². The lowest BCUT2D eigenvalue weighted by molar-refractivity contribution is 0.492. The van der Waals surface area contributed by atoms with Gasteiger partial charge in [0.05, 0.1) is 5.69 Å². The molecule has 1 aromatic heterocycles. The highest BCUT2D eigenvalue weighted by Crippen LogP contribution is 2.18. The Hall–Kier alpha value is -1.03. The highest BCUT2D eigenvalue weighted by atomic mass is 15.3. The summed E-state index contributed by atoms with van der Waals surface area (Å²) in [6.07, 6.45) is 5.27. The number of nitrogens with zero attached hydrogens (tertiary/aromatic N) is 3. The molecule has 1 fully saturated rings. The second-order valence-electron chi connectivity index (χ2n) is 4.32. The van der Waals surface area contributed by atoms with E-state index in [2.05, 4.69) is 34.6 Å². The molecule has 0 radical (unpaired) electrons. The summed E-state index contributed by atoms with van der Waals surface area (Å²) < 4.78 is 2.12. The predicted molar refractivity (Wildman–Crippen MR) is 62.0 cm³/mol. The van der Waals surface area contributed by atoms with Crippen molar-refractivity contribution in [3.05, 3.63) is 11.9 Å². The second-order valence-corrected chi connectivity index (χ2v) is 4.32. The van der Waals surface area contributed by atoms with Crippen molar-refractivity contribution < 1.29 is 0 Å². The molecule has 0 bridgehead atoms. The smallest absolute Gasteiger partial charge is 0.205 e. The lowest BCUT2D eigenvalue weighted by Gasteiger charge is -2.30. The molecule has 1 aromatic rings. The van der Waals surface area contributed by atoms with E-state index in [1.165, 1.54) is 5.69 Å². The maximum absolute atomic E-state index is 5.89. The number of aryl methyl sites for hydroxylation is 2. The fourth-order valence-corrected chi connectivity index (χ4v) is 2.08.